The maximum atomic E-state index is 5.05. The Kier molecular flexibility index (Phi) is 1.89. The normalized spacial score (nSPS) is 18.4. The fourth-order valence-corrected chi connectivity index (χ4v) is 2.30. The Bertz CT molecular complexity index is 498. The molecular weight excluding hydrogens is 204 g/mol. The van der Waals surface area contributed by atoms with Crippen LogP contribution < -0.4 is 0 Å². The molecule has 0 bridgehead atoms. The lowest BCUT2D eigenvalue weighted by Crippen LogP contribution is -2.21. The fourth-order valence-electron chi connectivity index (χ4n) is 2.30. The van der Waals surface area contributed by atoms with Gasteiger partial charge in [-0.25, -0.2) is 0 Å². The van der Waals surface area contributed by atoms with Gasteiger partial charge in [0.25, 0.3) is 5.89 Å². The summed E-state index contributed by atoms with van der Waals surface area (Å²) >= 11 is 0. The molecule has 2 heterocycles. The Morgan fingerprint density at radius 1 is 1.44 bits per heavy atom. The predicted octanol–water partition coefficient (Wildman–Crippen LogP) is 1.97. The third-order valence-electron chi connectivity index (χ3n) is 3.22. The summed E-state index contributed by atoms with van der Waals surface area (Å²) < 4.78 is 5.05. The third-order valence-corrected chi connectivity index (χ3v) is 3.22. The van der Waals surface area contributed by atoms with Crippen LogP contribution in [0.3, 0.4) is 0 Å². The lowest BCUT2D eigenvalue weighted by atomic mass is 9.76. The standard InChI is InChI=1S/C11H14N4O/c1-11(2)4-3-7-8(5-11)14-15-9(7)10-12-6-13-16-10/h6H,3-5H2,1-2H3,(H,14,15). The van der Waals surface area contributed by atoms with E-state index in [2.05, 4.69) is 34.2 Å². The molecule has 0 aromatic carbocycles. The molecule has 0 unspecified atom stereocenters. The fraction of sp³-hybridized carbons (Fsp3) is 0.545. The number of fused-ring (bicyclic) bond motifs is 1. The number of nitrogens with one attached hydrogen (secondary N) is 1. The molecule has 84 valence electrons. The molecule has 5 nitrogen and oxygen atoms in total. The van der Waals surface area contributed by atoms with Gasteiger partial charge in [-0.15, -0.1) is 0 Å². The predicted molar refractivity (Wildman–Crippen MR) is 57.7 cm³/mol. The number of H-pyrrole nitrogens is 1. The Morgan fingerprint density at radius 3 is 3.06 bits per heavy atom. The summed E-state index contributed by atoms with van der Waals surface area (Å²) in [4.78, 5) is 4.04. The summed E-state index contributed by atoms with van der Waals surface area (Å²) in [5, 5.41) is 11.0. The molecule has 0 spiro atoms. The first-order valence-corrected chi connectivity index (χ1v) is 5.49. The van der Waals surface area contributed by atoms with Crippen LogP contribution in [-0.4, -0.2) is 20.3 Å². The van der Waals surface area contributed by atoms with Crippen molar-refractivity contribution in [3.8, 4) is 11.6 Å². The van der Waals surface area contributed by atoms with Crippen LogP contribution in [0.5, 0.6) is 0 Å². The Hall–Kier alpha value is -1.65. The molecule has 0 amide bonds. The highest BCUT2D eigenvalue weighted by Gasteiger charge is 2.30. The molecule has 0 saturated heterocycles. The van der Waals surface area contributed by atoms with Crippen molar-refractivity contribution < 1.29 is 4.52 Å². The Balaban J connectivity index is 2.03. The van der Waals surface area contributed by atoms with Crippen LogP contribution in [0.1, 0.15) is 31.5 Å². The van der Waals surface area contributed by atoms with Crippen LogP contribution in [0.25, 0.3) is 11.6 Å². The summed E-state index contributed by atoms with van der Waals surface area (Å²) in [6, 6.07) is 0. The van der Waals surface area contributed by atoms with Gasteiger partial charge >= 0.3 is 0 Å². The van der Waals surface area contributed by atoms with Crippen LogP contribution in [-0.2, 0) is 12.8 Å². The van der Waals surface area contributed by atoms with Crippen LogP contribution in [0.15, 0.2) is 10.9 Å². The summed E-state index contributed by atoms with van der Waals surface area (Å²) in [5.74, 6) is 0.511. The molecule has 0 radical (unpaired) electrons. The second-order valence-corrected chi connectivity index (χ2v) is 5.12. The Labute approximate surface area is 93.3 Å². The minimum absolute atomic E-state index is 0.353. The topological polar surface area (TPSA) is 67.6 Å². The highest BCUT2D eigenvalue weighted by Crippen LogP contribution is 2.37. The van der Waals surface area contributed by atoms with Gasteiger partial charge in [-0.3, -0.25) is 5.10 Å². The molecule has 16 heavy (non-hydrogen) atoms. The molecule has 2 aromatic heterocycles. The molecule has 3 rings (SSSR count). The van der Waals surface area contributed by atoms with Crippen LogP contribution in [0.2, 0.25) is 0 Å². The number of hydrogen-bond acceptors (Lipinski definition) is 4. The average molecular weight is 218 g/mol. The van der Waals surface area contributed by atoms with E-state index in [-0.39, 0.29) is 0 Å². The smallest absolute Gasteiger partial charge is 0.278 e. The van der Waals surface area contributed by atoms with Crippen LogP contribution in [0, 0.1) is 5.41 Å². The maximum Gasteiger partial charge on any atom is 0.278 e. The van der Waals surface area contributed by atoms with Gasteiger partial charge in [0, 0.05) is 11.3 Å². The van der Waals surface area contributed by atoms with E-state index in [1.807, 2.05) is 0 Å². The second kappa shape index (κ2) is 3.17. The maximum absolute atomic E-state index is 5.05. The van der Waals surface area contributed by atoms with Gasteiger partial charge in [-0.2, -0.15) is 10.1 Å². The first-order valence-electron chi connectivity index (χ1n) is 5.49. The van der Waals surface area contributed by atoms with Gasteiger partial charge < -0.3 is 4.52 Å². The zero-order chi connectivity index (χ0) is 11.2. The van der Waals surface area contributed by atoms with Crippen molar-refractivity contribution in [2.45, 2.75) is 33.1 Å². The van der Waals surface area contributed by atoms with Crippen molar-refractivity contribution >= 4 is 0 Å². The minimum Gasteiger partial charge on any atom is -0.332 e. The molecule has 0 saturated carbocycles. The zero-order valence-corrected chi connectivity index (χ0v) is 9.45. The lowest BCUT2D eigenvalue weighted by Gasteiger charge is -2.28. The summed E-state index contributed by atoms with van der Waals surface area (Å²) in [6.07, 6.45) is 4.63. The van der Waals surface area contributed by atoms with Crippen molar-refractivity contribution in [2.75, 3.05) is 0 Å². The Morgan fingerprint density at radius 2 is 2.31 bits per heavy atom. The summed E-state index contributed by atoms with van der Waals surface area (Å²) in [6.45, 7) is 4.56. The van der Waals surface area contributed by atoms with Gasteiger partial charge in [0.2, 0.25) is 0 Å². The van der Waals surface area contributed by atoms with Gasteiger partial charge in [0.15, 0.2) is 12.0 Å². The van der Waals surface area contributed by atoms with E-state index in [4.69, 9.17) is 4.52 Å². The molecule has 5 heteroatoms. The van der Waals surface area contributed by atoms with Gasteiger partial charge in [0.05, 0.1) is 0 Å². The van der Waals surface area contributed by atoms with Crippen molar-refractivity contribution in [3.63, 3.8) is 0 Å². The molecule has 0 aliphatic heterocycles. The molecule has 1 N–H and O–H groups in total. The third kappa shape index (κ3) is 1.43. The molecule has 2 aromatic rings. The van der Waals surface area contributed by atoms with E-state index in [1.165, 1.54) is 24.0 Å². The molecule has 1 aliphatic rings. The molecular formula is C11H14N4O. The van der Waals surface area contributed by atoms with Crippen molar-refractivity contribution in [1.82, 2.24) is 20.3 Å². The van der Waals surface area contributed by atoms with Gasteiger partial charge in [0.1, 0.15) is 0 Å². The highest BCUT2D eigenvalue weighted by atomic mass is 16.5. The van der Waals surface area contributed by atoms with Crippen LogP contribution >= 0.6 is 0 Å². The first kappa shape index (κ1) is 9.57. The molecule has 0 atom stereocenters. The highest BCUT2D eigenvalue weighted by molar-refractivity contribution is 5.54. The minimum atomic E-state index is 0.353. The largest absolute Gasteiger partial charge is 0.332 e. The summed E-state index contributed by atoms with van der Waals surface area (Å²) in [7, 11) is 0. The van der Waals surface area contributed by atoms with E-state index in [0.29, 0.717) is 11.3 Å². The molecule has 0 fully saturated rings. The quantitative estimate of drug-likeness (QED) is 0.794. The molecule has 1 aliphatic carbocycles. The van der Waals surface area contributed by atoms with Crippen LogP contribution in [0.4, 0.5) is 0 Å². The number of nitrogens with zero attached hydrogens (tertiary/aromatic N) is 3. The van der Waals surface area contributed by atoms with Crippen molar-refractivity contribution in [2.24, 2.45) is 5.41 Å². The monoisotopic (exact) mass is 218 g/mol. The summed E-state index contributed by atoms with van der Waals surface area (Å²) in [5.41, 5.74) is 3.63. The average Bonchev–Trinajstić information content (AvgIpc) is 2.82. The number of hydrogen-bond donors (Lipinski definition) is 1. The lowest BCUT2D eigenvalue weighted by molar-refractivity contribution is 0.312. The number of rotatable bonds is 1. The SMILES string of the molecule is CC1(C)CCc2c(-c3ncno3)n[nH]c2C1. The van der Waals surface area contributed by atoms with Gasteiger partial charge in [-0.05, 0) is 24.7 Å². The van der Waals surface area contributed by atoms with E-state index in [0.717, 1.165) is 18.5 Å². The van der Waals surface area contributed by atoms with Gasteiger partial charge in [-0.1, -0.05) is 19.0 Å². The van der Waals surface area contributed by atoms with E-state index >= 15 is 0 Å². The van der Waals surface area contributed by atoms with E-state index in [1.54, 1.807) is 0 Å². The first-order chi connectivity index (χ1) is 7.66. The zero-order valence-electron chi connectivity index (χ0n) is 9.45. The van der Waals surface area contributed by atoms with E-state index < -0.39 is 0 Å². The number of aromatic nitrogens is 4. The van der Waals surface area contributed by atoms with Crippen molar-refractivity contribution in [1.29, 1.82) is 0 Å². The van der Waals surface area contributed by atoms with Crippen molar-refractivity contribution in [3.05, 3.63) is 17.6 Å². The second-order valence-electron chi connectivity index (χ2n) is 5.12. The van der Waals surface area contributed by atoms with E-state index in [9.17, 15) is 0 Å². The number of aromatic amines is 1.